The molecule has 0 aliphatic carbocycles. The number of rotatable bonds is 7. The number of nitrogens with one attached hydrogen (secondary N) is 2. The Morgan fingerprint density at radius 3 is 2.74 bits per heavy atom. The average Bonchev–Trinajstić information content (AvgIpc) is 2.36. The molecule has 1 rings (SSSR count). The third-order valence-corrected chi connectivity index (χ3v) is 3.67. The molecule has 0 heterocycles. The molecule has 3 nitrogen and oxygen atoms in total. The second kappa shape index (κ2) is 8.33. The van der Waals surface area contributed by atoms with E-state index in [-0.39, 0.29) is 5.91 Å². The number of amides is 1. The van der Waals surface area contributed by atoms with E-state index in [2.05, 4.69) is 47.3 Å². The number of anilines is 1. The Labute approximate surface area is 124 Å². The van der Waals surface area contributed by atoms with Crippen molar-refractivity contribution in [1.82, 2.24) is 5.32 Å². The molecule has 1 amide bonds. The first-order valence-electron chi connectivity index (χ1n) is 6.80. The van der Waals surface area contributed by atoms with Crippen LogP contribution >= 0.6 is 15.9 Å². The Kier molecular flexibility index (Phi) is 7.10. The normalized spacial score (nSPS) is 13.9. The number of carbonyl (C=O) groups excluding carboxylic acids is 1. The molecule has 0 bridgehead atoms. The lowest BCUT2D eigenvalue weighted by molar-refractivity contribution is -0.115. The predicted octanol–water partition coefficient (Wildman–Crippen LogP) is 3.80. The van der Waals surface area contributed by atoms with Crippen LogP contribution in [-0.2, 0) is 4.79 Å². The molecule has 0 radical (unpaired) electrons. The highest BCUT2D eigenvalue weighted by atomic mass is 79.9. The van der Waals surface area contributed by atoms with Gasteiger partial charge in [0.1, 0.15) is 0 Å². The fourth-order valence-electron chi connectivity index (χ4n) is 1.89. The summed E-state index contributed by atoms with van der Waals surface area (Å²) in [5, 5.41) is 6.13. The van der Waals surface area contributed by atoms with Crippen molar-refractivity contribution in [3.63, 3.8) is 0 Å². The Bertz CT molecular complexity index is 409. The minimum atomic E-state index is -0.00546. The lowest BCUT2D eigenvalue weighted by Gasteiger charge is -2.17. The van der Waals surface area contributed by atoms with Crippen molar-refractivity contribution in [3.8, 4) is 0 Å². The highest BCUT2D eigenvalue weighted by Gasteiger charge is 2.09. The van der Waals surface area contributed by atoms with Gasteiger partial charge in [-0.25, -0.2) is 0 Å². The van der Waals surface area contributed by atoms with Crippen LogP contribution in [-0.4, -0.2) is 18.5 Å². The largest absolute Gasteiger partial charge is 0.325 e. The van der Waals surface area contributed by atoms with E-state index in [0.717, 1.165) is 16.6 Å². The van der Waals surface area contributed by atoms with Gasteiger partial charge in [-0.3, -0.25) is 4.79 Å². The van der Waals surface area contributed by atoms with Crippen molar-refractivity contribution in [2.45, 2.75) is 39.7 Å². The summed E-state index contributed by atoms with van der Waals surface area (Å²) in [5.41, 5.74) is 0.816. The molecule has 0 aromatic heterocycles. The molecule has 1 aromatic carbocycles. The summed E-state index contributed by atoms with van der Waals surface area (Å²) >= 11 is 3.38. The van der Waals surface area contributed by atoms with E-state index < -0.39 is 0 Å². The second-order valence-corrected chi connectivity index (χ2v) is 6.01. The highest BCUT2D eigenvalue weighted by Crippen LogP contribution is 2.15. The smallest absolute Gasteiger partial charge is 0.238 e. The first-order valence-corrected chi connectivity index (χ1v) is 7.59. The summed E-state index contributed by atoms with van der Waals surface area (Å²) < 4.78 is 0.961. The van der Waals surface area contributed by atoms with Gasteiger partial charge in [0.05, 0.1) is 6.54 Å². The third-order valence-electron chi connectivity index (χ3n) is 3.17. The van der Waals surface area contributed by atoms with Crippen LogP contribution in [0, 0.1) is 5.92 Å². The standard InChI is InChI=1S/C15H23BrN2O/c1-4-11(2)8-12(3)17-10-15(19)18-14-7-5-6-13(16)9-14/h5-7,9,11-12,17H,4,8,10H2,1-3H3,(H,18,19). The second-order valence-electron chi connectivity index (χ2n) is 5.09. The van der Waals surface area contributed by atoms with Gasteiger partial charge in [-0.05, 0) is 37.5 Å². The number of hydrogen-bond acceptors (Lipinski definition) is 2. The van der Waals surface area contributed by atoms with Crippen LogP contribution in [0.3, 0.4) is 0 Å². The quantitative estimate of drug-likeness (QED) is 0.800. The Morgan fingerprint density at radius 1 is 1.37 bits per heavy atom. The Hall–Kier alpha value is -0.870. The monoisotopic (exact) mass is 326 g/mol. The van der Waals surface area contributed by atoms with Gasteiger partial charge in [-0.1, -0.05) is 42.3 Å². The molecule has 19 heavy (non-hydrogen) atoms. The van der Waals surface area contributed by atoms with E-state index in [4.69, 9.17) is 0 Å². The Morgan fingerprint density at radius 2 is 2.11 bits per heavy atom. The molecule has 2 N–H and O–H groups in total. The molecule has 106 valence electrons. The third kappa shape index (κ3) is 6.73. The SMILES string of the molecule is CCC(C)CC(C)NCC(=O)Nc1cccc(Br)c1. The molecule has 2 atom stereocenters. The molecule has 1 aromatic rings. The summed E-state index contributed by atoms with van der Waals surface area (Å²) in [5.74, 6) is 0.685. The molecule has 0 saturated carbocycles. The van der Waals surface area contributed by atoms with E-state index in [1.54, 1.807) is 0 Å². The van der Waals surface area contributed by atoms with E-state index in [9.17, 15) is 4.79 Å². The molecule has 0 aliphatic rings. The van der Waals surface area contributed by atoms with Crippen LogP contribution in [0.15, 0.2) is 28.7 Å². The van der Waals surface area contributed by atoms with Crippen LogP contribution in [0.2, 0.25) is 0 Å². The molecular weight excluding hydrogens is 304 g/mol. The molecule has 0 fully saturated rings. The zero-order valence-electron chi connectivity index (χ0n) is 11.9. The first kappa shape index (κ1) is 16.2. The van der Waals surface area contributed by atoms with E-state index in [1.807, 2.05) is 24.3 Å². The molecule has 4 heteroatoms. The summed E-state index contributed by atoms with van der Waals surface area (Å²) in [6.07, 6.45) is 2.27. The molecule has 0 saturated heterocycles. The van der Waals surface area contributed by atoms with Crippen molar-refractivity contribution in [2.75, 3.05) is 11.9 Å². The summed E-state index contributed by atoms with van der Waals surface area (Å²) in [6.45, 7) is 6.90. The van der Waals surface area contributed by atoms with Gasteiger partial charge in [-0.15, -0.1) is 0 Å². The minimum Gasteiger partial charge on any atom is -0.325 e. The van der Waals surface area contributed by atoms with Gasteiger partial charge in [0.25, 0.3) is 0 Å². The summed E-state index contributed by atoms with van der Waals surface area (Å²) in [4.78, 5) is 11.8. The van der Waals surface area contributed by atoms with Crippen LogP contribution in [0.5, 0.6) is 0 Å². The fourth-order valence-corrected chi connectivity index (χ4v) is 2.29. The maximum absolute atomic E-state index is 11.8. The minimum absolute atomic E-state index is 0.00546. The van der Waals surface area contributed by atoms with Gasteiger partial charge < -0.3 is 10.6 Å². The maximum atomic E-state index is 11.8. The van der Waals surface area contributed by atoms with Gasteiger partial charge in [-0.2, -0.15) is 0 Å². The predicted molar refractivity (Wildman–Crippen MR) is 84.3 cm³/mol. The summed E-state index contributed by atoms with van der Waals surface area (Å²) in [7, 11) is 0. The van der Waals surface area contributed by atoms with Crippen molar-refractivity contribution >= 4 is 27.5 Å². The van der Waals surface area contributed by atoms with Crippen molar-refractivity contribution in [3.05, 3.63) is 28.7 Å². The number of carbonyl (C=O) groups is 1. The molecular formula is C15H23BrN2O. The highest BCUT2D eigenvalue weighted by molar-refractivity contribution is 9.10. The maximum Gasteiger partial charge on any atom is 0.238 e. The lowest BCUT2D eigenvalue weighted by atomic mass is 10.0. The van der Waals surface area contributed by atoms with Gasteiger partial charge >= 0.3 is 0 Å². The molecule has 0 spiro atoms. The first-order chi connectivity index (χ1) is 9.01. The number of benzene rings is 1. The lowest BCUT2D eigenvalue weighted by Crippen LogP contribution is -2.35. The van der Waals surface area contributed by atoms with Gasteiger partial charge in [0.15, 0.2) is 0 Å². The van der Waals surface area contributed by atoms with Crippen LogP contribution < -0.4 is 10.6 Å². The molecule has 0 aliphatic heterocycles. The zero-order valence-corrected chi connectivity index (χ0v) is 13.5. The number of hydrogen-bond donors (Lipinski definition) is 2. The van der Waals surface area contributed by atoms with Crippen molar-refractivity contribution < 1.29 is 4.79 Å². The van der Waals surface area contributed by atoms with E-state index in [0.29, 0.717) is 18.5 Å². The van der Waals surface area contributed by atoms with Crippen LogP contribution in [0.1, 0.15) is 33.6 Å². The van der Waals surface area contributed by atoms with Crippen LogP contribution in [0.4, 0.5) is 5.69 Å². The average molecular weight is 327 g/mol. The van der Waals surface area contributed by atoms with Crippen LogP contribution in [0.25, 0.3) is 0 Å². The topological polar surface area (TPSA) is 41.1 Å². The molecule has 2 unspecified atom stereocenters. The van der Waals surface area contributed by atoms with E-state index in [1.165, 1.54) is 6.42 Å². The van der Waals surface area contributed by atoms with Gasteiger partial charge in [0, 0.05) is 16.2 Å². The number of halogens is 1. The van der Waals surface area contributed by atoms with Crippen molar-refractivity contribution in [2.24, 2.45) is 5.92 Å². The zero-order chi connectivity index (χ0) is 14.3. The van der Waals surface area contributed by atoms with E-state index >= 15 is 0 Å². The summed E-state index contributed by atoms with van der Waals surface area (Å²) in [6, 6.07) is 7.97. The van der Waals surface area contributed by atoms with Crippen molar-refractivity contribution in [1.29, 1.82) is 0 Å². The Balaban J connectivity index is 2.32. The fraction of sp³-hybridized carbons (Fsp3) is 0.533. The van der Waals surface area contributed by atoms with Gasteiger partial charge in [0.2, 0.25) is 5.91 Å².